The molecule has 0 unspecified atom stereocenters. The summed E-state index contributed by atoms with van der Waals surface area (Å²) in [5.74, 6) is 1.68. The molecule has 0 aliphatic carbocycles. The summed E-state index contributed by atoms with van der Waals surface area (Å²) in [6, 6.07) is 15.6. The molecule has 6 rings (SSSR count). The van der Waals surface area contributed by atoms with Gasteiger partial charge in [0.05, 0.1) is 13.2 Å². The first-order valence-electron chi connectivity index (χ1n) is 13.6. The van der Waals surface area contributed by atoms with E-state index in [2.05, 4.69) is 20.7 Å². The number of carbonyl (C=O) groups is 2. The van der Waals surface area contributed by atoms with Crippen LogP contribution in [0.1, 0.15) is 29.3 Å². The number of rotatable bonds is 11. The minimum Gasteiger partial charge on any atom is -0.497 e. The van der Waals surface area contributed by atoms with Crippen LogP contribution in [0.5, 0.6) is 17.2 Å². The van der Waals surface area contributed by atoms with Crippen molar-refractivity contribution >= 4 is 23.2 Å². The van der Waals surface area contributed by atoms with Gasteiger partial charge < -0.3 is 29.2 Å². The molecule has 0 saturated carbocycles. The number of nitrogens with one attached hydrogen (secondary N) is 1. The molecular formula is C29H30N6O6S. The molecule has 218 valence electrons. The van der Waals surface area contributed by atoms with Crippen molar-refractivity contribution in [1.29, 1.82) is 0 Å². The van der Waals surface area contributed by atoms with Crippen molar-refractivity contribution in [3.8, 4) is 28.6 Å². The van der Waals surface area contributed by atoms with Gasteiger partial charge in [-0.05, 0) is 71.5 Å². The topological polar surface area (TPSA) is 130 Å². The van der Waals surface area contributed by atoms with Crippen molar-refractivity contribution < 1.29 is 28.5 Å². The second kappa shape index (κ2) is 12.6. The number of methoxy groups -OCH3 is 1. The van der Waals surface area contributed by atoms with Gasteiger partial charge in [0.25, 0.3) is 0 Å². The lowest BCUT2D eigenvalue weighted by atomic mass is 10.1. The van der Waals surface area contributed by atoms with Crippen LogP contribution in [0.15, 0.2) is 60.0 Å². The van der Waals surface area contributed by atoms with Gasteiger partial charge in [0.2, 0.25) is 24.4 Å². The van der Waals surface area contributed by atoms with Gasteiger partial charge in [0, 0.05) is 30.1 Å². The fourth-order valence-electron chi connectivity index (χ4n) is 4.92. The van der Waals surface area contributed by atoms with Crippen molar-refractivity contribution in [3.05, 3.63) is 70.4 Å². The lowest BCUT2D eigenvalue weighted by Crippen LogP contribution is -2.45. The van der Waals surface area contributed by atoms with Gasteiger partial charge in [0.1, 0.15) is 18.3 Å². The molecule has 2 aromatic heterocycles. The average Bonchev–Trinajstić information content (AvgIpc) is 3.84. The Morgan fingerprint density at radius 3 is 2.79 bits per heavy atom. The molecule has 0 spiro atoms. The normalized spacial score (nSPS) is 16.3. The Bertz CT molecular complexity index is 1520. The molecule has 2 amide bonds. The molecule has 2 atom stereocenters. The van der Waals surface area contributed by atoms with E-state index in [9.17, 15) is 9.59 Å². The highest BCUT2D eigenvalue weighted by molar-refractivity contribution is 7.10. The zero-order valence-electron chi connectivity index (χ0n) is 23.0. The first-order valence-corrected chi connectivity index (χ1v) is 14.5. The van der Waals surface area contributed by atoms with Crippen LogP contribution in [-0.4, -0.2) is 70.1 Å². The number of fused-ring (bicyclic) bond motifs is 1. The molecule has 12 nitrogen and oxygen atoms in total. The van der Waals surface area contributed by atoms with Crippen molar-refractivity contribution in [1.82, 2.24) is 30.4 Å². The van der Waals surface area contributed by atoms with Crippen molar-refractivity contribution in [2.75, 3.05) is 27.1 Å². The molecule has 4 aromatic rings. The van der Waals surface area contributed by atoms with Crippen LogP contribution >= 0.6 is 11.3 Å². The van der Waals surface area contributed by atoms with Crippen LogP contribution in [0.25, 0.3) is 11.4 Å². The summed E-state index contributed by atoms with van der Waals surface area (Å²) in [5.41, 5.74) is 1.52. The number of aromatic nitrogens is 4. The van der Waals surface area contributed by atoms with E-state index in [0.29, 0.717) is 36.2 Å². The highest BCUT2D eigenvalue weighted by Crippen LogP contribution is 2.34. The summed E-state index contributed by atoms with van der Waals surface area (Å²) in [6.07, 6.45) is 1.82. The summed E-state index contributed by atoms with van der Waals surface area (Å²) < 4.78 is 21.9. The largest absolute Gasteiger partial charge is 0.497 e. The van der Waals surface area contributed by atoms with E-state index >= 15 is 0 Å². The quantitative estimate of drug-likeness (QED) is 0.280. The Morgan fingerprint density at radius 1 is 1.17 bits per heavy atom. The van der Waals surface area contributed by atoms with Crippen LogP contribution in [0.2, 0.25) is 0 Å². The van der Waals surface area contributed by atoms with Crippen LogP contribution in [0.3, 0.4) is 0 Å². The number of ether oxygens (including phenoxy) is 4. The highest BCUT2D eigenvalue weighted by Gasteiger charge is 2.34. The summed E-state index contributed by atoms with van der Waals surface area (Å²) >= 11 is 1.41. The third kappa shape index (κ3) is 6.21. The predicted molar refractivity (Wildman–Crippen MR) is 152 cm³/mol. The monoisotopic (exact) mass is 590 g/mol. The molecule has 4 heterocycles. The Balaban J connectivity index is 1.27. The van der Waals surface area contributed by atoms with Crippen LogP contribution in [-0.2, 0) is 27.4 Å². The van der Waals surface area contributed by atoms with Crippen molar-refractivity contribution in [2.45, 2.75) is 38.1 Å². The maximum Gasteiger partial charge on any atom is 0.248 e. The minimum atomic E-state index is -0.881. The lowest BCUT2D eigenvalue weighted by molar-refractivity contribution is -0.142. The summed E-state index contributed by atoms with van der Waals surface area (Å²) in [6.45, 7) is 1.13. The van der Waals surface area contributed by atoms with E-state index in [1.54, 1.807) is 30.2 Å². The highest BCUT2D eigenvalue weighted by atomic mass is 32.1. The zero-order chi connectivity index (χ0) is 28.9. The number of amides is 2. The Kier molecular flexibility index (Phi) is 8.28. The van der Waals surface area contributed by atoms with Crippen LogP contribution in [0, 0.1) is 0 Å². The summed E-state index contributed by atoms with van der Waals surface area (Å²) in [4.78, 5) is 31.3. The fourth-order valence-corrected chi connectivity index (χ4v) is 5.76. The zero-order valence-corrected chi connectivity index (χ0v) is 23.8. The molecule has 42 heavy (non-hydrogen) atoms. The predicted octanol–water partition coefficient (Wildman–Crippen LogP) is 3.20. The van der Waals surface area contributed by atoms with E-state index in [-0.39, 0.29) is 37.8 Å². The Morgan fingerprint density at radius 2 is 2.02 bits per heavy atom. The molecule has 13 heteroatoms. The van der Waals surface area contributed by atoms with Gasteiger partial charge in [-0.2, -0.15) is 4.80 Å². The van der Waals surface area contributed by atoms with Gasteiger partial charge in [-0.25, -0.2) is 0 Å². The van der Waals surface area contributed by atoms with Crippen molar-refractivity contribution in [2.24, 2.45) is 0 Å². The second-order valence-corrected chi connectivity index (χ2v) is 10.9. The van der Waals surface area contributed by atoms with E-state index in [0.717, 1.165) is 28.8 Å². The number of benzene rings is 2. The third-order valence-electron chi connectivity index (χ3n) is 7.09. The standard InChI is InChI=1S/C29H30N6O6S/c1-38-21-9-7-20(8-10-21)28-31-33-35(32-28)17-26(36)34(16-19-6-11-23-24(14-19)41-18-40-23)27(25-5-3-13-42-25)29(37)30-15-22-4-2-12-39-22/h3,5-11,13-14,22,27H,2,4,12,15-18H2,1H3,(H,30,37)/t22-,27-/m0/s1. The molecule has 1 saturated heterocycles. The number of carbonyl (C=O) groups excluding carboxylic acids is 2. The first kappa shape index (κ1) is 27.7. The SMILES string of the molecule is COc1ccc(-c2nnn(CC(=O)N(Cc3ccc4c(c3)OCO4)[C@H](C(=O)NC[C@@H]3CCCO3)c3cccs3)n2)cc1. The molecule has 0 radical (unpaired) electrons. The Labute approximate surface area is 246 Å². The molecule has 2 aliphatic rings. The maximum atomic E-state index is 14.0. The molecule has 2 aliphatic heterocycles. The van der Waals surface area contributed by atoms with Gasteiger partial charge in [-0.1, -0.05) is 12.1 Å². The number of hydrogen-bond acceptors (Lipinski definition) is 10. The number of nitrogens with zero attached hydrogens (tertiary/aromatic N) is 5. The van der Waals surface area contributed by atoms with E-state index in [1.165, 1.54) is 16.1 Å². The molecule has 1 N–H and O–H groups in total. The second-order valence-electron chi connectivity index (χ2n) is 9.88. The maximum absolute atomic E-state index is 14.0. The summed E-state index contributed by atoms with van der Waals surface area (Å²) in [7, 11) is 1.59. The molecule has 1 fully saturated rings. The smallest absolute Gasteiger partial charge is 0.248 e. The fraction of sp³-hybridized carbons (Fsp3) is 0.345. The van der Waals surface area contributed by atoms with Crippen LogP contribution < -0.4 is 19.5 Å². The number of tetrazole rings is 1. The third-order valence-corrected chi connectivity index (χ3v) is 8.01. The molecular weight excluding hydrogens is 560 g/mol. The summed E-state index contributed by atoms with van der Waals surface area (Å²) in [5, 5.41) is 17.6. The lowest BCUT2D eigenvalue weighted by Gasteiger charge is -2.31. The Hall–Kier alpha value is -4.49. The average molecular weight is 591 g/mol. The number of thiophene rings is 1. The number of hydrogen-bond donors (Lipinski definition) is 1. The molecule has 0 bridgehead atoms. The van der Waals surface area contributed by atoms with E-state index in [4.69, 9.17) is 18.9 Å². The van der Waals surface area contributed by atoms with Gasteiger partial charge >= 0.3 is 0 Å². The van der Waals surface area contributed by atoms with Crippen LogP contribution in [0.4, 0.5) is 0 Å². The molecule has 2 aromatic carbocycles. The van der Waals surface area contributed by atoms with Gasteiger partial charge in [0.15, 0.2) is 11.5 Å². The first-order chi connectivity index (χ1) is 20.6. The van der Waals surface area contributed by atoms with Crippen molar-refractivity contribution in [3.63, 3.8) is 0 Å². The van der Waals surface area contributed by atoms with Gasteiger partial charge in [-0.3, -0.25) is 9.59 Å². The van der Waals surface area contributed by atoms with E-state index < -0.39 is 6.04 Å². The van der Waals surface area contributed by atoms with Gasteiger partial charge in [-0.15, -0.1) is 21.5 Å². The van der Waals surface area contributed by atoms with E-state index in [1.807, 2.05) is 41.8 Å². The minimum absolute atomic E-state index is 0.0355.